The summed E-state index contributed by atoms with van der Waals surface area (Å²) in [5, 5.41) is 0.856. The van der Waals surface area contributed by atoms with Crippen LogP contribution < -0.4 is 0 Å². The first-order chi connectivity index (χ1) is 6.79. The van der Waals surface area contributed by atoms with Gasteiger partial charge in [0.25, 0.3) is 0 Å². The fourth-order valence-electron chi connectivity index (χ4n) is 1.37. The maximum atomic E-state index is 11.5. The summed E-state index contributed by atoms with van der Waals surface area (Å²) < 4.78 is 4.77. The van der Waals surface area contributed by atoms with Gasteiger partial charge in [0.15, 0.2) is 0 Å². The number of hydrogen-bond donors (Lipinski definition) is 0. The van der Waals surface area contributed by atoms with Crippen LogP contribution in [-0.4, -0.2) is 29.1 Å². The molecule has 0 aliphatic rings. The Balaban J connectivity index is 2.83. The third kappa shape index (κ3) is 2.86. The van der Waals surface area contributed by atoms with Crippen molar-refractivity contribution in [2.24, 2.45) is 0 Å². The minimum atomic E-state index is -0.161. The average molecular weight is 256 g/mol. The molecule has 0 saturated carbocycles. The summed E-state index contributed by atoms with van der Waals surface area (Å²) in [4.78, 5) is 11.5. The van der Waals surface area contributed by atoms with E-state index >= 15 is 0 Å². The van der Waals surface area contributed by atoms with E-state index in [1.165, 1.54) is 7.11 Å². The van der Waals surface area contributed by atoms with Crippen molar-refractivity contribution in [2.75, 3.05) is 7.11 Å². The van der Waals surface area contributed by atoms with Crippen LogP contribution >= 0.6 is 0 Å². The number of hydrogen-bond acceptors (Lipinski definition) is 2. The second-order valence-electron chi connectivity index (χ2n) is 2.98. The van der Waals surface area contributed by atoms with Crippen molar-refractivity contribution in [1.29, 1.82) is 0 Å². The van der Waals surface area contributed by atoms with Crippen LogP contribution in [0.2, 0.25) is 5.32 Å². The molecule has 0 N–H and O–H groups in total. The first-order valence-electron chi connectivity index (χ1n) is 4.50. The van der Waals surface area contributed by atoms with Crippen molar-refractivity contribution in [3.05, 3.63) is 35.9 Å². The van der Waals surface area contributed by atoms with E-state index in [1.54, 1.807) is 0 Å². The first-order valence-corrected chi connectivity index (χ1v) is 5.71. The van der Waals surface area contributed by atoms with Crippen LogP contribution in [0.1, 0.15) is 17.9 Å². The predicted molar refractivity (Wildman–Crippen MR) is 56.4 cm³/mol. The van der Waals surface area contributed by atoms with Crippen molar-refractivity contribution in [2.45, 2.75) is 17.7 Å². The Kier molecular flexibility index (Phi) is 4.71. The Morgan fingerprint density at radius 2 is 2.07 bits per heavy atom. The summed E-state index contributed by atoms with van der Waals surface area (Å²) in [7, 11) is 1.43. The number of rotatable bonds is 4. The van der Waals surface area contributed by atoms with Gasteiger partial charge in [0.05, 0.1) is 0 Å². The Morgan fingerprint density at radius 3 is 2.57 bits per heavy atom. The third-order valence-electron chi connectivity index (χ3n) is 2.09. The summed E-state index contributed by atoms with van der Waals surface area (Å²) >= 11 is 2.91. The van der Waals surface area contributed by atoms with Crippen molar-refractivity contribution < 1.29 is 9.53 Å². The van der Waals surface area contributed by atoms with Crippen molar-refractivity contribution in [3.8, 4) is 0 Å². The monoisotopic (exact) mass is 257 g/mol. The molecule has 1 radical (unpaired) electrons. The molecule has 75 valence electrons. The molecule has 0 aromatic heterocycles. The van der Waals surface area contributed by atoms with E-state index in [-0.39, 0.29) is 11.9 Å². The van der Waals surface area contributed by atoms with Crippen LogP contribution in [0.15, 0.2) is 30.3 Å². The van der Waals surface area contributed by atoms with Crippen LogP contribution in [0.3, 0.4) is 0 Å². The van der Waals surface area contributed by atoms with E-state index < -0.39 is 0 Å². The van der Waals surface area contributed by atoms with Gasteiger partial charge < -0.3 is 0 Å². The van der Waals surface area contributed by atoms with E-state index in [0.717, 1.165) is 17.3 Å². The molecule has 0 fully saturated rings. The zero-order chi connectivity index (χ0) is 10.4. The van der Waals surface area contributed by atoms with E-state index in [9.17, 15) is 4.79 Å². The molecule has 0 amide bonds. The zero-order valence-electron chi connectivity index (χ0n) is 8.10. The van der Waals surface area contributed by atoms with Gasteiger partial charge in [-0.1, -0.05) is 0 Å². The van der Waals surface area contributed by atoms with Crippen LogP contribution in [0.5, 0.6) is 0 Å². The second-order valence-corrected chi connectivity index (χ2v) is 3.84. The molecule has 1 rings (SSSR count). The number of carbonyl (C=O) groups excluding carboxylic acids is 1. The fourth-order valence-corrected chi connectivity index (χ4v) is 1.86. The van der Waals surface area contributed by atoms with Crippen LogP contribution in [0.25, 0.3) is 0 Å². The van der Waals surface area contributed by atoms with Gasteiger partial charge in [-0.15, -0.1) is 0 Å². The molecule has 1 aromatic rings. The summed E-state index contributed by atoms with van der Waals surface area (Å²) in [6.45, 7) is 0. The standard InChI is InChI=1S/C11H13O2Se/c1-13-11(12)10(7-8-14)9-5-3-2-4-6-9/h2-6,10H,7-8H2,1H3. The molecule has 0 heterocycles. The third-order valence-corrected chi connectivity index (χ3v) is 2.59. The molecule has 0 saturated heterocycles. The van der Waals surface area contributed by atoms with Gasteiger partial charge in [-0.25, -0.2) is 0 Å². The fraction of sp³-hybridized carbons (Fsp3) is 0.364. The molecule has 1 atom stereocenters. The molecule has 0 spiro atoms. The van der Waals surface area contributed by atoms with Crippen LogP contribution in [0.4, 0.5) is 0 Å². The Morgan fingerprint density at radius 1 is 1.43 bits per heavy atom. The molecular formula is C11H13O2Se. The van der Waals surface area contributed by atoms with Gasteiger partial charge in [0.1, 0.15) is 0 Å². The van der Waals surface area contributed by atoms with Crippen molar-refractivity contribution in [1.82, 2.24) is 0 Å². The number of methoxy groups -OCH3 is 1. The minimum absolute atomic E-state index is 0.137. The predicted octanol–water partition coefficient (Wildman–Crippen LogP) is 1.92. The summed E-state index contributed by atoms with van der Waals surface area (Å²) in [5.74, 6) is -0.297. The molecule has 14 heavy (non-hydrogen) atoms. The molecular weight excluding hydrogens is 243 g/mol. The van der Waals surface area contributed by atoms with Gasteiger partial charge in [0.2, 0.25) is 0 Å². The van der Waals surface area contributed by atoms with Crippen molar-refractivity contribution >= 4 is 22.0 Å². The van der Waals surface area contributed by atoms with Crippen molar-refractivity contribution in [3.63, 3.8) is 0 Å². The molecule has 0 bridgehead atoms. The number of benzene rings is 1. The Bertz CT molecular complexity index is 285. The van der Waals surface area contributed by atoms with E-state index in [2.05, 4.69) is 16.0 Å². The van der Waals surface area contributed by atoms with Gasteiger partial charge in [-0.3, -0.25) is 0 Å². The zero-order valence-corrected chi connectivity index (χ0v) is 9.82. The summed E-state index contributed by atoms with van der Waals surface area (Å²) in [6.07, 6.45) is 0.788. The van der Waals surface area contributed by atoms with Gasteiger partial charge in [-0.05, 0) is 0 Å². The molecule has 0 aliphatic heterocycles. The van der Waals surface area contributed by atoms with Gasteiger partial charge >= 0.3 is 92.2 Å². The van der Waals surface area contributed by atoms with E-state index in [0.29, 0.717) is 0 Å². The number of ether oxygens (including phenoxy) is 1. The van der Waals surface area contributed by atoms with Gasteiger partial charge in [-0.2, -0.15) is 0 Å². The molecule has 3 heteroatoms. The van der Waals surface area contributed by atoms with E-state index in [4.69, 9.17) is 4.74 Å². The Hall–Kier alpha value is -0.791. The quantitative estimate of drug-likeness (QED) is 0.607. The SMILES string of the molecule is COC(=O)C(CC[Se])c1ccccc1. The summed E-state index contributed by atoms with van der Waals surface area (Å²) in [5.41, 5.74) is 1.02. The number of carbonyl (C=O) groups is 1. The molecule has 2 nitrogen and oxygen atoms in total. The second kappa shape index (κ2) is 5.84. The average Bonchev–Trinajstić information content (AvgIpc) is 2.26. The van der Waals surface area contributed by atoms with E-state index in [1.807, 2.05) is 30.3 Å². The summed E-state index contributed by atoms with van der Waals surface area (Å²) in [6, 6.07) is 9.72. The molecule has 1 aromatic carbocycles. The Labute approximate surface area is 92.5 Å². The molecule has 1 unspecified atom stereocenters. The van der Waals surface area contributed by atoms with Crippen LogP contribution in [0, 0.1) is 0 Å². The number of esters is 1. The van der Waals surface area contributed by atoms with Crippen LogP contribution in [-0.2, 0) is 9.53 Å². The van der Waals surface area contributed by atoms with Gasteiger partial charge in [0, 0.05) is 0 Å². The molecule has 0 aliphatic carbocycles. The first kappa shape index (κ1) is 11.3. The topological polar surface area (TPSA) is 26.3 Å². The maximum absolute atomic E-state index is 11.5. The normalized spacial score (nSPS) is 12.1.